The monoisotopic (exact) mass is 404 g/mol. The molecule has 0 heterocycles. The Morgan fingerprint density at radius 1 is 0.688 bits per heavy atom. The standard InChI is InChI=1S/C12H7Br3O/c13-7-3-1-4-8(14)11(7)12-9(15)5-2-6-10(12)16/h1-6,16H. The van der Waals surface area contributed by atoms with E-state index in [1.165, 1.54) is 0 Å². The van der Waals surface area contributed by atoms with Crippen LogP contribution in [0.1, 0.15) is 0 Å². The van der Waals surface area contributed by atoms with Crippen LogP contribution in [0.4, 0.5) is 0 Å². The minimum absolute atomic E-state index is 0.252. The highest BCUT2D eigenvalue weighted by Gasteiger charge is 2.14. The minimum atomic E-state index is 0.252. The summed E-state index contributed by atoms with van der Waals surface area (Å²) < 4.78 is 2.73. The average Bonchev–Trinajstić information content (AvgIpc) is 2.21. The van der Waals surface area contributed by atoms with Crippen LogP contribution in [0.25, 0.3) is 11.1 Å². The summed E-state index contributed by atoms with van der Waals surface area (Å²) in [5.41, 5.74) is 1.72. The summed E-state index contributed by atoms with van der Waals surface area (Å²) in [6, 6.07) is 11.2. The molecule has 0 amide bonds. The van der Waals surface area contributed by atoms with Gasteiger partial charge in [0.1, 0.15) is 5.75 Å². The molecular formula is C12H7Br3O. The van der Waals surface area contributed by atoms with Crippen LogP contribution in [0, 0.1) is 0 Å². The molecule has 0 bridgehead atoms. The highest BCUT2D eigenvalue weighted by Crippen LogP contribution is 2.43. The van der Waals surface area contributed by atoms with E-state index in [9.17, 15) is 5.11 Å². The summed E-state index contributed by atoms with van der Waals surface area (Å²) in [5.74, 6) is 0.252. The van der Waals surface area contributed by atoms with Gasteiger partial charge in [0.25, 0.3) is 0 Å². The first-order valence-corrected chi connectivity index (χ1v) is 6.91. The second-order valence-corrected chi connectivity index (χ2v) is 5.79. The molecule has 0 saturated carbocycles. The topological polar surface area (TPSA) is 20.2 Å². The van der Waals surface area contributed by atoms with Gasteiger partial charge in [-0.3, -0.25) is 0 Å². The van der Waals surface area contributed by atoms with Crippen molar-refractivity contribution in [1.82, 2.24) is 0 Å². The third kappa shape index (κ3) is 2.19. The summed E-state index contributed by atoms with van der Waals surface area (Å²) in [5, 5.41) is 9.92. The first-order valence-electron chi connectivity index (χ1n) is 4.53. The quantitative estimate of drug-likeness (QED) is 0.677. The van der Waals surface area contributed by atoms with Crippen molar-refractivity contribution < 1.29 is 5.11 Å². The Kier molecular flexibility index (Phi) is 3.72. The molecule has 1 N–H and O–H groups in total. The maximum atomic E-state index is 9.92. The van der Waals surface area contributed by atoms with Gasteiger partial charge in [0.15, 0.2) is 0 Å². The largest absolute Gasteiger partial charge is 0.507 e. The van der Waals surface area contributed by atoms with Gasteiger partial charge in [0.2, 0.25) is 0 Å². The van der Waals surface area contributed by atoms with Crippen molar-refractivity contribution in [1.29, 1.82) is 0 Å². The summed E-state index contributed by atoms with van der Waals surface area (Å²) >= 11 is 10.4. The first-order chi connectivity index (χ1) is 7.61. The summed E-state index contributed by atoms with van der Waals surface area (Å²) in [6.07, 6.45) is 0. The van der Waals surface area contributed by atoms with Gasteiger partial charge >= 0.3 is 0 Å². The van der Waals surface area contributed by atoms with Gasteiger partial charge in [0, 0.05) is 24.5 Å². The second kappa shape index (κ2) is 4.90. The van der Waals surface area contributed by atoms with Crippen molar-refractivity contribution in [3.8, 4) is 16.9 Å². The minimum Gasteiger partial charge on any atom is -0.507 e. The van der Waals surface area contributed by atoms with Gasteiger partial charge < -0.3 is 5.11 Å². The number of benzene rings is 2. The zero-order valence-electron chi connectivity index (χ0n) is 8.05. The van der Waals surface area contributed by atoms with E-state index in [2.05, 4.69) is 47.8 Å². The molecule has 0 unspecified atom stereocenters. The Hall–Kier alpha value is -0.320. The molecule has 2 aromatic rings. The van der Waals surface area contributed by atoms with Crippen LogP contribution in [0.15, 0.2) is 49.8 Å². The maximum absolute atomic E-state index is 9.92. The lowest BCUT2D eigenvalue weighted by molar-refractivity contribution is 0.477. The SMILES string of the molecule is Oc1cccc(Br)c1-c1c(Br)cccc1Br. The number of aromatic hydroxyl groups is 1. The van der Waals surface area contributed by atoms with E-state index in [1.54, 1.807) is 12.1 Å². The third-order valence-corrected chi connectivity index (χ3v) is 4.19. The number of phenolic OH excluding ortho intramolecular Hbond substituents is 1. The zero-order valence-corrected chi connectivity index (χ0v) is 12.8. The molecule has 0 radical (unpaired) electrons. The van der Waals surface area contributed by atoms with Crippen molar-refractivity contribution in [2.45, 2.75) is 0 Å². The van der Waals surface area contributed by atoms with Crippen LogP contribution in [0.5, 0.6) is 5.75 Å². The number of phenols is 1. The number of rotatable bonds is 1. The van der Waals surface area contributed by atoms with E-state index in [1.807, 2.05) is 24.3 Å². The molecule has 0 fully saturated rings. The van der Waals surface area contributed by atoms with Crippen molar-refractivity contribution in [2.75, 3.05) is 0 Å². The molecule has 0 saturated heterocycles. The second-order valence-electron chi connectivity index (χ2n) is 3.23. The summed E-state index contributed by atoms with van der Waals surface area (Å²) in [4.78, 5) is 0. The van der Waals surface area contributed by atoms with Crippen molar-refractivity contribution in [3.05, 3.63) is 49.8 Å². The van der Waals surface area contributed by atoms with Crippen LogP contribution in [-0.2, 0) is 0 Å². The molecule has 82 valence electrons. The molecule has 4 heteroatoms. The molecule has 0 atom stereocenters. The van der Waals surface area contributed by atoms with E-state index < -0.39 is 0 Å². The number of hydrogen-bond donors (Lipinski definition) is 1. The van der Waals surface area contributed by atoms with Crippen LogP contribution in [0.3, 0.4) is 0 Å². The van der Waals surface area contributed by atoms with Crippen molar-refractivity contribution >= 4 is 47.8 Å². The fourth-order valence-corrected chi connectivity index (χ4v) is 3.45. The highest BCUT2D eigenvalue weighted by atomic mass is 79.9. The Balaban J connectivity index is 2.77. The van der Waals surface area contributed by atoms with Gasteiger partial charge in [-0.05, 0) is 24.3 Å². The van der Waals surface area contributed by atoms with E-state index >= 15 is 0 Å². The predicted octanol–water partition coefficient (Wildman–Crippen LogP) is 5.35. The molecule has 1 nitrogen and oxygen atoms in total. The van der Waals surface area contributed by atoms with E-state index in [0.717, 1.165) is 24.5 Å². The average molecular weight is 407 g/mol. The molecule has 0 aliphatic carbocycles. The Morgan fingerprint density at radius 3 is 1.62 bits per heavy atom. The molecule has 16 heavy (non-hydrogen) atoms. The molecular weight excluding hydrogens is 400 g/mol. The van der Waals surface area contributed by atoms with Gasteiger partial charge in [-0.1, -0.05) is 59.9 Å². The van der Waals surface area contributed by atoms with Crippen LogP contribution in [0.2, 0.25) is 0 Å². The Bertz CT molecular complexity index is 448. The molecule has 0 aliphatic heterocycles. The van der Waals surface area contributed by atoms with Gasteiger partial charge in [0.05, 0.1) is 0 Å². The van der Waals surface area contributed by atoms with Gasteiger partial charge in [-0.2, -0.15) is 0 Å². The Morgan fingerprint density at radius 2 is 1.12 bits per heavy atom. The smallest absolute Gasteiger partial charge is 0.124 e. The van der Waals surface area contributed by atoms with Crippen molar-refractivity contribution in [2.24, 2.45) is 0 Å². The summed E-state index contributed by atoms with van der Waals surface area (Å²) in [7, 11) is 0. The van der Waals surface area contributed by atoms with Crippen LogP contribution < -0.4 is 0 Å². The van der Waals surface area contributed by atoms with Gasteiger partial charge in [-0.25, -0.2) is 0 Å². The maximum Gasteiger partial charge on any atom is 0.124 e. The van der Waals surface area contributed by atoms with Crippen molar-refractivity contribution in [3.63, 3.8) is 0 Å². The fraction of sp³-hybridized carbons (Fsp3) is 0. The molecule has 0 spiro atoms. The Labute approximate surface area is 119 Å². The molecule has 0 aliphatic rings. The highest BCUT2D eigenvalue weighted by molar-refractivity contribution is 9.11. The number of hydrogen-bond acceptors (Lipinski definition) is 1. The molecule has 0 aromatic heterocycles. The fourth-order valence-electron chi connectivity index (χ4n) is 1.50. The third-order valence-electron chi connectivity index (χ3n) is 2.20. The van der Waals surface area contributed by atoms with E-state index in [-0.39, 0.29) is 5.75 Å². The zero-order chi connectivity index (χ0) is 11.7. The first kappa shape index (κ1) is 12.1. The van der Waals surface area contributed by atoms with Crippen LogP contribution >= 0.6 is 47.8 Å². The lowest BCUT2D eigenvalue weighted by Gasteiger charge is -2.11. The van der Waals surface area contributed by atoms with Gasteiger partial charge in [-0.15, -0.1) is 0 Å². The number of halogens is 3. The van der Waals surface area contributed by atoms with E-state index in [0.29, 0.717) is 0 Å². The predicted molar refractivity (Wildman–Crippen MR) is 76.6 cm³/mol. The molecule has 2 aromatic carbocycles. The normalized spacial score (nSPS) is 10.4. The van der Waals surface area contributed by atoms with E-state index in [4.69, 9.17) is 0 Å². The summed E-state index contributed by atoms with van der Waals surface area (Å²) in [6.45, 7) is 0. The lowest BCUT2D eigenvalue weighted by Crippen LogP contribution is -1.84. The van der Waals surface area contributed by atoms with Crippen LogP contribution in [-0.4, -0.2) is 5.11 Å². The lowest BCUT2D eigenvalue weighted by atomic mass is 10.1. The molecule has 2 rings (SSSR count).